The SMILES string of the molecule is COc1ccccc1NC(=O)CCCc1c(-c2ccccn2)[nH]c2ccccc12. The molecule has 4 aromatic rings. The summed E-state index contributed by atoms with van der Waals surface area (Å²) in [6.07, 6.45) is 3.75. The van der Waals surface area contributed by atoms with Gasteiger partial charge in [0.05, 0.1) is 24.2 Å². The van der Waals surface area contributed by atoms with Crippen molar-refractivity contribution < 1.29 is 9.53 Å². The number of ether oxygens (including phenoxy) is 1. The van der Waals surface area contributed by atoms with Gasteiger partial charge in [-0.1, -0.05) is 36.4 Å². The van der Waals surface area contributed by atoms with Crippen molar-refractivity contribution in [3.05, 3.63) is 78.5 Å². The predicted molar refractivity (Wildman–Crippen MR) is 116 cm³/mol. The zero-order chi connectivity index (χ0) is 20.1. The van der Waals surface area contributed by atoms with Gasteiger partial charge in [0.25, 0.3) is 0 Å². The number of aromatic nitrogens is 2. The minimum Gasteiger partial charge on any atom is -0.495 e. The Bertz CT molecular complexity index is 1120. The number of anilines is 1. The maximum atomic E-state index is 12.4. The summed E-state index contributed by atoms with van der Waals surface area (Å²) in [6.45, 7) is 0. The first-order valence-electron chi connectivity index (χ1n) is 9.70. The van der Waals surface area contributed by atoms with Crippen molar-refractivity contribution in [1.82, 2.24) is 9.97 Å². The lowest BCUT2D eigenvalue weighted by Crippen LogP contribution is -2.12. The van der Waals surface area contributed by atoms with E-state index in [-0.39, 0.29) is 5.91 Å². The molecule has 2 N–H and O–H groups in total. The number of carbonyl (C=O) groups excluding carboxylic acids is 1. The number of H-pyrrole nitrogens is 1. The molecule has 0 bridgehead atoms. The number of aryl methyl sites for hydroxylation is 1. The summed E-state index contributed by atoms with van der Waals surface area (Å²) in [5, 5.41) is 4.12. The van der Waals surface area contributed by atoms with Crippen molar-refractivity contribution in [2.24, 2.45) is 0 Å². The zero-order valence-corrected chi connectivity index (χ0v) is 16.3. The zero-order valence-electron chi connectivity index (χ0n) is 16.3. The number of hydrogen-bond acceptors (Lipinski definition) is 3. The van der Waals surface area contributed by atoms with Crippen LogP contribution < -0.4 is 10.1 Å². The van der Waals surface area contributed by atoms with Crippen LogP contribution in [0.3, 0.4) is 0 Å². The number of para-hydroxylation sites is 3. The number of methoxy groups -OCH3 is 1. The molecule has 0 spiro atoms. The molecule has 0 radical (unpaired) electrons. The molecule has 0 aliphatic rings. The molecule has 5 nitrogen and oxygen atoms in total. The molecule has 2 heterocycles. The predicted octanol–water partition coefficient (Wildman–Crippen LogP) is 5.20. The van der Waals surface area contributed by atoms with Crippen molar-refractivity contribution in [2.45, 2.75) is 19.3 Å². The maximum absolute atomic E-state index is 12.4. The highest BCUT2D eigenvalue weighted by Gasteiger charge is 2.14. The Morgan fingerprint density at radius 2 is 1.83 bits per heavy atom. The van der Waals surface area contributed by atoms with E-state index in [4.69, 9.17) is 4.74 Å². The molecule has 1 amide bonds. The first kappa shape index (κ1) is 18.7. The number of rotatable bonds is 7. The third-order valence-electron chi connectivity index (χ3n) is 4.95. The van der Waals surface area contributed by atoms with Gasteiger partial charge in [0.1, 0.15) is 5.75 Å². The smallest absolute Gasteiger partial charge is 0.224 e. The fourth-order valence-corrected chi connectivity index (χ4v) is 3.58. The number of pyridine rings is 1. The lowest BCUT2D eigenvalue weighted by molar-refractivity contribution is -0.116. The minimum absolute atomic E-state index is 0.0197. The maximum Gasteiger partial charge on any atom is 0.224 e. The van der Waals surface area contributed by atoms with E-state index in [1.54, 1.807) is 13.3 Å². The summed E-state index contributed by atoms with van der Waals surface area (Å²) >= 11 is 0. The third kappa shape index (κ3) is 4.14. The molecule has 0 saturated carbocycles. The fourth-order valence-electron chi connectivity index (χ4n) is 3.58. The molecule has 0 saturated heterocycles. The Kier molecular flexibility index (Phi) is 5.56. The van der Waals surface area contributed by atoms with E-state index >= 15 is 0 Å². The van der Waals surface area contributed by atoms with Crippen molar-refractivity contribution in [3.8, 4) is 17.1 Å². The molecule has 29 heavy (non-hydrogen) atoms. The first-order valence-corrected chi connectivity index (χ1v) is 9.70. The number of benzene rings is 2. The van der Waals surface area contributed by atoms with E-state index in [9.17, 15) is 4.79 Å². The molecule has 146 valence electrons. The molecule has 2 aromatic heterocycles. The Morgan fingerprint density at radius 1 is 1.03 bits per heavy atom. The number of carbonyl (C=O) groups is 1. The van der Waals surface area contributed by atoms with Gasteiger partial charge in [0, 0.05) is 23.5 Å². The topological polar surface area (TPSA) is 67.0 Å². The number of aromatic amines is 1. The van der Waals surface area contributed by atoms with Crippen LogP contribution in [-0.4, -0.2) is 23.0 Å². The van der Waals surface area contributed by atoms with Crippen LogP contribution >= 0.6 is 0 Å². The highest BCUT2D eigenvalue weighted by Crippen LogP contribution is 2.30. The number of fused-ring (bicyclic) bond motifs is 1. The second-order valence-corrected chi connectivity index (χ2v) is 6.84. The van der Waals surface area contributed by atoms with E-state index in [0.29, 0.717) is 17.9 Å². The van der Waals surface area contributed by atoms with E-state index in [1.165, 1.54) is 10.9 Å². The normalized spacial score (nSPS) is 10.8. The van der Waals surface area contributed by atoms with Crippen LogP contribution in [0.2, 0.25) is 0 Å². The first-order chi connectivity index (χ1) is 14.3. The fraction of sp³-hybridized carbons (Fsp3) is 0.167. The second-order valence-electron chi connectivity index (χ2n) is 6.84. The molecule has 2 aromatic carbocycles. The van der Waals surface area contributed by atoms with E-state index in [0.717, 1.165) is 29.7 Å². The Balaban J connectivity index is 1.49. The lowest BCUT2D eigenvalue weighted by Gasteiger charge is -2.10. The van der Waals surface area contributed by atoms with Gasteiger partial charge in [-0.3, -0.25) is 9.78 Å². The summed E-state index contributed by atoms with van der Waals surface area (Å²) in [5.41, 5.74) is 4.92. The van der Waals surface area contributed by atoms with Crippen molar-refractivity contribution in [3.63, 3.8) is 0 Å². The van der Waals surface area contributed by atoms with E-state index in [1.807, 2.05) is 54.6 Å². The Hall–Kier alpha value is -3.60. The monoisotopic (exact) mass is 385 g/mol. The summed E-state index contributed by atoms with van der Waals surface area (Å²) < 4.78 is 5.30. The van der Waals surface area contributed by atoms with Crippen LogP contribution in [0.4, 0.5) is 5.69 Å². The summed E-state index contributed by atoms with van der Waals surface area (Å²) in [7, 11) is 1.60. The lowest BCUT2D eigenvalue weighted by atomic mass is 10.0. The summed E-state index contributed by atoms with van der Waals surface area (Å²) in [4.78, 5) is 20.4. The van der Waals surface area contributed by atoms with Crippen LogP contribution in [0.1, 0.15) is 18.4 Å². The highest BCUT2D eigenvalue weighted by molar-refractivity contribution is 5.93. The van der Waals surface area contributed by atoms with Gasteiger partial charge in [-0.25, -0.2) is 0 Å². The van der Waals surface area contributed by atoms with Gasteiger partial charge >= 0.3 is 0 Å². The molecule has 0 unspecified atom stereocenters. The van der Waals surface area contributed by atoms with Crippen LogP contribution in [-0.2, 0) is 11.2 Å². The van der Waals surface area contributed by atoms with Crippen molar-refractivity contribution in [1.29, 1.82) is 0 Å². The van der Waals surface area contributed by atoms with E-state index < -0.39 is 0 Å². The van der Waals surface area contributed by atoms with Crippen LogP contribution in [0, 0.1) is 0 Å². The van der Waals surface area contributed by atoms with Crippen LogP contribution in [0.15, 0.2) is 72.9 Å². The third-order valence-corrected chi connectivity index (χ3v) is 4.95. The molecular formula is C24H23N3O2. The van der Waals surface area contributed by atoms with Gasteiger partial charge in [0.15, 0.2) is 0 Å². The number of amides is 1. The quantitative estimate of drug-likeness (QED) is 0.459. The average Bonchev–Trinajstić information content (AvgIpc) is 3.13. The molecule has 0 atom stereocenters. The average molecular weight is 385 g/mol. The van der Waals surface area contributed by atoms with Crippen molar-refractivity contribution in [2.75, 3.05) is 12.4 Å². The number of nitrogens with zero attached hydrogens (tertiary/aromatic N) is 1. The van der Waals surface area contributed by atoms with Gasteiger partial charge in [-0.15, -0.1) is 0 Å². The van der Waals surface area contributed by atoms with Crippen LogP contribution in [0.5, 0.6) is 5.75 Å². The molecule has 0 aliphatic carbocycles. The molecular weight excluding hydrogens is 362 g/mol. The molecule has 0 aliphatic heterocycles. The largest absolute Gasteiger partial charge is 0.495 e. The minimum atomic E-state index is -0.0197. The van der Waals surface area contributed by atoms with Gasteiger partial charge < -0.3 is 15.0 Å². The Morgan fingerprint density at radius 3 is 2.66 bits per heavy atom. The Labute approximate surface area is 169 Å². The molecule has 0 fully saturated rings. The number of hydrogen-bond donors (Lipinski definition) is 2. The van der Waals surface area contributed by atoms with Gasteiger partial charge in [-0.05, 0) is 48.7 Å². The van der Waals surface area contributed by atoms with Gasteiger partial charge in [-0.2, -0.15) is 0 Å². The molecule has 4 rings (SSSR count). The second kappa shape index (κ2) is 8.61. The van der Waals surface area contributed by atoms with Gasteiger partial charge in [0.2, 0.25) is 5.91 Å². The van der Waals surface area contributed by atoms with E-state index in [2.05, 4.69) is 27.4 Å². The summed E-state index contributed by atoms with van der Waals surface area (Å²) in [5.74, 6) is 0.642. The standard InChI is InChI=1S/C24H23N3O2/c1-29-22-14-5-4-12-20(22)26-23(28)15-8-10-18-17-9-2-3-11-19(17)27-24(18)21-13-6-7-16-25-21/h2-7,9,11-14,16,27H,8,10,15H2,1H3,(H,26,28). The van der Waals surface area contributed by atoms with Crippen LogP contribution in [0.25, 0.3) is 22.3 Å². The number of nitrogens with one attached hydrogen (secondary N) is 2. The molecule has 5 heteroatoms. The van der Waals surface area contributed by atoms with Crippen molar-refractivity contribution >= 4 is 22.5 Å². The highest BCUT2D eigenvalue weighted by atomic mass is 16.5. The summed E-state index contributed by atoms with van der Waals surface area (Å²) in [6, 6.07) is 21.6.